The number of hydrogen-bond donors (Lipinski definition) is 2. The third kappa shape index (κ3) is 11.7. The molecule has 0 aromatic carbocycles. The van der Waals surface area contributed by atoms with E-state index in [0.29, 0.717) is 38.1 Å². The van der Waals surface area contributed by atoms with Gasteiger partial charge in [0.2, 0.25) is 0 Å². The molecule has 8 heteroatoms. The molecular formula is C19H34IN5O2. The van der Waals surface area contributed by atoms with Crippen LogP contribution >= 0.6 is 24.0 Å². The molecule has 0 radical (unpaired) electrons. The number of halogens is 1. The van der Waals surface area contributed by atoms with E-state index in [4.69, 9.17) is 10.5 Å². The molecule has 0 bridgehead atoms. The summed E-state index contributed by atoms with van der Waals surface area (Å²) >= 11 is 0. The topological polar surface area (TPSA) is 92.8 Å². The lowest BCUT2D eigenvalue weighted by molar-refractivity contribution is 0.0232. The van der Waals surface area contributed by atoms with Crippen LogP contribution in [0.2, 0.25) is 0 Å². The lowest BCUT2D eigenvalue weighted by Crippen LogP contribution is -2.38. The Balaban J connectivity index is 0.00000676. The third-order valence-electron chi connectivity index (χ3n) is 3.62. The quantitative estimate of drug-likeness (QED) is 0.251. The molecule has 1 aromatic heterocycles. The molecular weight excluding hydrogens is 457 g/mol. The van der Waals surface area contributed by atoms with Crippen LogP contribution in [0.5, 0.6) is 0 Å². The number of carbonyl (C=O) groups is 1. The van der Waals surface area contributed by atoms with Crippen molar-refractivity contribution in [3.8, 4) is 0 Å². The van der Waals surface area contributed by atoms with Crippen molar-refractivity contribution >= 4 is 36.0 Å². The van der Waals surface area contributed by atoms with E-state index in [1.165, 1.54) is 0 Å². The van der Waals surface area contributed by atoms with Crippen LogP contribution in [0.15, 0.2) is 29.5 Å². The Hall–Kier alpha value is -1.58. The van der Waals surface area contributed by atoms with Crippen LogP contribution in [0.3, 0.4) is 0 Å². The predicted molar refractivity (Wildman–Crippen MR) is 120 cm³/mol. The summed E-state index contributed by atoms with van der Waals surface area (Å²) < 4.78 is 5.51. The van der Waals surface area contributed by atoms with Crippen molar-refractivity contribution < 1.29 is 9.53 Å². The summed E-state index contributed by atoms with van der Waals surface area (Å²) in [4.78, 5) is 22.6. The zero-order valence-electron chi connectivity index (χ0n) is 17.1. The second kappa shape index (κ2) is 12.7. The lowest BCUT2D eigenvalue weighted by Gasteiger charge is -2.27. The summed E-state index contributed by atoms with van der Waals surface area (Å²) in [6.45, 7) is 11.2. The second-order valence-corrected chi connectivity index (χ2v) is 7.34. The zero-order valence-corrected chi connectivity index (χ0v) is 19.4. The van der Waals surface area contributed by atoms with Crippen LogP contribution in [0.25, 0.3) is 0 Å². The number of pyridine rings is 1. The molecule has 0 aliphatic heterocycles. The van der Waals surface area contributed by atoms with Gasteiger partial charge in [0.15, 0.2) is 5.96 Å². The van der Waals surface area contributed by atoms with E-state index in [0.717, 1.165) is 12.0 Å². The lowest BCUT2D eigenvalue weighted by atomic mass is 10.2. The van der Waals surface area contributed by atoms with Gasteiger partial charge in [-0.15, -0.1) is 24.0 Å². The van der Waals surface area contributed by atoms with Gasteiger partial charge < -0.3 is 20.7 Å². The van der Waals surface area contributed by atoms with E-state index in [1.807, 2.05) is 32.9 Å². The molecule has 0 aliphatic carbocycles. The van der Waals surface area contributed by atoms with Crippen LogP contribution in [-0.4, -0.2) is 46.7 Å². The monoisotopic (exact) mass is 491 g/mol. The molecule has 27 heavy (non-hydrogen) atoms. The van der Waals surface area contributed by atoms with Crippen LogP contribution in [0.1, 0.15) is 53.0 Å². The fourth-order valence-electron chi connectivity index (χ4n) is 2.13. The first-order chi connectivity index (χ1) is 12.2. The van der Waals surface area contributed by atoms with Crippen LogP contribution in [0.4, 0.5) is 4.79 Å². The number of aliphatic imine (C=N–C) groups is 1. The fraction of sp³-hybridized carbons (Fsp3) is 0.632. The number of carbonyl (C=O) groups excluding carboxylic acids is 1. The molecule has 1 unspecified atom stereocenters. The summed E-state index contributed by atoms with van der Waals surface area (Å²) in [5.41, 5.74) is 6.28. The van der Waals surface area contributed by atoms with Crippen LogP contribution < -0.4 is 11.1 Å². The Morgan fingerprint density at radius 3 is 2.70 bits per heavy atom. The maximum Gasteiger partial charge on any atom is 0.410 e. The maximum absolute atomic E-state index is 12.5. The summed E-state index contributed by atoms with van der Waals surface area (Å²) in [6.07, 6.45) is 4.80. The highest BCUT2D eigenvalue weighted by molar-refractivity contribution is 14.0. The Morgan fingerprint density at radius 1 is 1.44 bits per heavy atom. The van der Waals surface area contributed by atoms with Crippen molar-refractivity contribution in [1.29, 1.82) is 0 Å². The van der Waals surface area contributed by atoms with Gasteiger partial charge in [-0.1, -0.05) is 13.0 Å². The van der Waals surface area contributed by atoms with E-state index in [1.54, 1.807) is 17.3 Å². The molecule has 154 valence electrons. The predicted octanol–water partition coefficient (Wildman–Crippen LogP) is 3.53. The standard InChI is InChI=1S/C19H33N5O2.HI/c1-6-15(2)23-17(20)22-11-8-12-24(18(25)26-19(3,4)5)14-16-9-7-10-21-13-16;/h7,9-10,13,15H,6,8,11-12,14H2,1-5H3,(H3,20,22,23);1H. The minimum Gasteiger partial charge on any atom is -0.444 e. The average Bonchev–Trinajstić information content (AvgIpc) is 2.56. The molecule has 0 saturated carbocycles. The van der Waals surface area contributed by atoms with Gasteiger partial charge in [0, 0.05) is 31.5 Å². The Kier molecular flexibility index (Phi) is 12.0. The first-order valence-electron chi connectivity index (χ1n) is 9.14. The van der Waals surface area contributed by atoms with Gasteiger partial charge in [0.25, 0.3) is 0 Å². The van der Waals surface area contributed by atoms with Crippen molar-refractivity contribution in [2.45, 2.75) is 65.6 Å². The highest BCUT2D eigenvalue weighted by Crippen LogP contribution is 2.13. The first-order valence-corrected chi connectivity index (χ1v) is 9.14. The fourth-order valence-corrected chi connectivity index (χ4v) is 2.13. The third-order valence-corrected chi connectivity index (χ3v) is 3.62. The minimum atomic E-state index is -0.535. The highest BCUT2D eigenvalue weighted by Gasteiger charge is 2.22. The number of ether oxygens (including phenoxy) is 1. The number of nitrogens with zero attached hydrogens (tertiary/aromatic N) is 3. The van der Waals surface area contributed by atoms with Gasteiger partial charge in [-0.3, -0.25) is 9.98 Å². The summed E-state index contributed by atoms with van der Waals surface area (Å²) in [5, 5.41) is 3.13. The van der Waals surface area contributed by atoms with Crippen molar-refractivity contribution in [2.75, 3.05) is 13.1 Å². The number of nitrogens with two attached hydrogens (primary N) is 1. The number of hydrogen-bond acceptors (Lipinski definition) is 4. The molecule has 7 nitrogen and oxygen atoms in total. The van der Waals surface area contributed by atoms with E-state index in [2.05, 4.69) is 29.1 Å². The van der Waals surface area contributed by atoms with Gasteiger partial charge in [0.1, 0.15) is 5.60 Å². The smallest absolute Gasteiger partial charge is 0.410 e. The first kappa shape index (κ1) is 25.4. The van der Waals surface area contributed by atoms with Crippen LogP contribution in [0, 0.1) is 0 Å². The van der Waals surface area contributed by atoms with Gasteiger partial charge >= 0.3 is 6.09 Å². The molecule has 0 spiro atoms. The Bertz CT molecular complexity index is 575. The number of amides is 1. The van der Waals surface area contributed by atoms with E-state index in [9.17, 15) is 4.79 Å². The molecule has 1 aromatic rings. The van der Waals surface area contributed by atoms with Crippen molar-refractivity contribution in [3.05, 3.63) is 30.1 Å². The van der Waals surface area contributed by atoms with Crippen LogP contribution in [-0.2, 0) is 11.3 Å². The van der Waals surface area contributed by atoms with Crippen molar-refractivity contribution in [2.24, 2.45) is 10.7 Å². The molecule has 0 aliphatic rings. The van der Waals surface area contributed by atoms with E-state index >= 15 is 0 Å². The molecule has 1 heterocycles. The number of guanidine groups is 1. The maximum atomic E-state index is 12.5. The number of rotatable bonds is 8. The molecule has 3 N–H and O–H groups in total. The SMILES string of the molecule is CCC(C)NC(N)=NCCCN(Cc1cccnc1)C(=O)OC(C)(C)C.I. The average molecular weight is 491 g/mol. The summed E-state index contributed by atoms with van der Waals surface area (Å²) in [5.74, 6) is 0.440. The molecule has 0 saturated heterocycles. The summed E-state index contributed by atoms with van der Waals surface area (Å²) in [6, 6.07) is 4.09. The molecule has 0 fully saturated rings. The molecule has 1 atom stereocenters. The van der Waals surface area contributed by atoms with Crippen molar-refractivity contribution in [1.82, 2.24) is 15.2 Å². The number of nitrogens with one attached hydrogen (secondary N) is 1. The van der Waals surface area contributed by atoms with E-state index in [-0.39, 0.29) is 30.1 Å². The van der Waals surface area contributed by atoms with Gasteiger partial charge in [-0.25, -0.2) is 4.79 Å². The van der Waals surface area contributed by atoms with Crippen molar-refractivity contribution in [3.63, 3.8) is 0 Å². The Morgan fingerprint density at radius 2 is 2.15 bits per heavy atom. The Labute approximate surface area is 180 Å². The van der Waals surface area contributed by atoms with Gasteiger partial charge in [-0.2, -0.15) is 0 Å². The van der Waals surface area contributed by atoms with Gasteiger partial charge in [-0.05, 0) is 52.2 Å². The largest absolute Gasteiger partial charge is 0.444 e. The normalized spacial score (nSPS) is 12.7. The zero-order chi connectivity index (χ0) is 19.6. The van der Waals surface area contributed by atoms with E-state index < -0.39 is 5.60 Å². The second-order valence-electron chi connectivity index (χ2n) is 7.34. The van der Waals surface area contributed by atoms with Gasteiger partial charge in [0.05, 0.1) is 6.54 Å². The highest BCUT2D eigenvalue weighted by atomic mass is 127. The molecule has 1 rings (SSSR count). The number of aromatic nitrogens is 1. The molecule has 1 amide bonds. The minimum absolute atomic E-state index is 0. The summed E-state index contributed by atoms with van der Waals surface area (Å²) in [7, 11) is 0.